The predicted octanol–water partition coefficient (Wildman–Crippen LogP) is 4.26. The summed E-state index contributed by atoms with van der Waals surface area (Å²) in [5.41, 5.74) is 2.10. The topological polar surface area (TPSA) is 29.5 Å². The van der Waals surface area contributed by atoms with Gasteiger partial charge in [0.15, 0.2) is 0 Å². The summed E-state index contributed by atoms with van der Waals surface area (Å²) >= 11 is 0. The summed E-state index contributed by atoms with van der Waals surface area (Å²) in [6.07, 6.45) is 4.38. The van der Waals surface area contributed by atoms with Gasteiger partial charge in [-0.1, -0.05) is 57.4 Å². The number of rotatable bonds is 9. The number of unbranched alkanes of at least 4 members (excludes halogenated alkanes) is 1. The van der Waals surface area contributed by atoms with Crippen LogP contribution in [0.25, 0.3) is 0 Å². The van der Waals surface area contributed by atoms with Gasteiger partial charge in [-0.25, -0.2) is 0 Å². The maximum absolute atomic E-state index is 10.1. The number of hydrogen-bond acceptors (Lipinski definition) is 2. The molecule has 0 amide bonds. The monoisotopic (exact) mass is 264 g/mol. The molecule has 0 bridgehead atoms. The van der Waals surface area contributed by atoms with Crippen molar-refractivity contribution in [1.82, 2.24) is 0 Å². The zero-order chi connectivity index (χ0) is 14.1. The summed E-state index contributed by atoms with van der Waals surface area (Å²) in [5, 5.41) is 10.1. The molecule has 2 atom stereocenters. The second kappa shape index (κ2) is 9.11. The third kappa shape index (κ3) is 5.75. The van der Waals surface area contributed by atoms with Crippen molar-refractivity contribution in [2.75, 3.05) is 13.2 Å². The maximum atomic E-state index is 10.1. The van der Waals surface area contributed by atoms with Gasteiger partial charge >= 0.3 is 0 Å². The number of aryl methyl sites for hydroxylation is 1. The molecule has 1 aromatic carbocycles. The molecule has 2 unspecified atom stereocenters. The van der Waals surface area contributed by atoms with Gasteiger partial charge in [-0.2, -0.15) is 0 Å². The van der Waals surface area contributed by atoms with Crippen molar-refractivity contribution in [2.24, 2.45) is 5.92 Å². The Bertz CT molecular complexity index is 349. The summed E-state index contributed by atoms with van der Waals surface area (Å²) in [6.45, 7) is 7.61. The molecule has 2 heteroatoms. The van der Waals surface area contributed by atoms with E-state index < -0.39 is 6.10 Å². The highest BCUT2D eigenvalue weighted by Crippen LogP contribution is 2.19. The molecule has 108 valence electrons. The van der Waals surface area contributed by atoms with Gasteiger partial charge in [0.1, 0.15) is 6.10 Å². The average molecular weight is 264 g/mol. The van der Waals surface area contributed by atoms with E-state index in [1.807, 2.05) is 31.2 Å². The second-order valence-corrected chi connectivity index (χ2v) is 5.33. The zero-order valence-corrected chi connectivity index (χ0v) is 12.6. The zero-order valence-electron chi connectivity index (χ0n) is 12.6. The van der Waals surface area contributed by atoms with E-state index in [-0.39, 0.29) is 0 Å². The lowest BCUT2D eigenvalue weighted by Gasteiger charge is -2.18. The van der Waals surface area contributed by atoms with Gasteiger partial charge in [-0.3, -0.25) is 0 Å². The standard InChI is InChI=1S/C17H28O2/c1-4-6-10-15(5-2)12-19-13-17(18)16-11-8-7-9-14(16)3/h7-9,11,15,17-18H,4-6,10,12-13H2,1-3H3. The van der Waals surface area contributed by atoms with Crippen molar-refractivity contribution in [1.29, 1.82) is 0 Å². The van der Waals surface area contributed by atoms with Crippen LogP contribution >= 0.6 is 0 Å². The number of aliphatic hydroxyl groups excluding tert-OH is 1. The molecule has 0 heterocycles. The van der Waals surface area contributed by atoms with Crippen molar-refractivity contribution in [2.45, 2.75) is 52.6 Å². The van der Waals surface area contributed by atoms with Crippen LogP contribution in [0.1, 0.15) is 56.8 Å². The SMILES string of the molecule is CCCCC(CC)COCC(O)c1ccccc1C. The molecule has 19 heavy (non-hydrogen) atoms. The molecule has 0 aromatic heterocycles. The Balaban J connectivity index is 2.34. The van der Waals surface area contributed by atoms with Crippen LogP contribution in [-0.4, -0.2) is 18.3 Å². The first-order valence-corrected chi connectivity index (χ1v) is 7.50. The van der Waals surface area contributed by atoms with Gasteiger partial charge < -0.3 is 9.84 Å². The number of ether oxygens (including phenoxy) is 1. The van der Waals surface area contributed by atoms with Crippen LogP contribution in [-0.2, 0) is 4.74 Å². The third-order valence-electron chi connectivity index (χ3n) is 3.72. The van der Waals surface area contributed by atoms with Crippen LogP contribution in [0, 0.1) is 12.8 Å². The molecule has 0 aliphatic rings. The van der Waals surface area contributed by atoms with E-state index >= 15 is 0 Å². The van der Waals surface area contributed by atoms with Gasteiger partial charge in [0.25, 0.3) is 0 Å². The minimum Gasteiger partial charge on any atom is -0.386 e. The summed E-state index contributed by atoms with van der Waals surface area (Å²) in [5.74, 6) is 0.629. The molecule has 0 aliphatic heterocycles. The van der Waals surface area contributed by atoms with Crippen LogP contribution in [0.2, 0.25) is 0 Å². The van der Waals surface area contributed by atoms with E-state index in [1.54, 1.807) is 0 Å². The van der Waals surface area contributed by atoms with E-state index in [4.69, 9.17) is 4.74 Å². The second-order valence-electron chi connectivity index (χ2n) is 5.33. The Morgan fingerprint density at radius 2 is 1.89 bits per heavy atom. The van der Waals surface area contributed by atoms with Crippen LogP contribution in [0.3, 0.4) is 0 Å². The molecule has 0 saturated carbocycles. The number of aliphatic hydroxyl groups is 1. The normalized spacial score (nSPS) is 14.3. The first kappa shape index (κ1) is 16.2. The highest BCUT2D eigenvalue weighted by Gasteiger charge is 2.12. The Hall–Kier alpha value is -0.860. The average Bonchev–Trinajstić information content (AvgIpc) is 2.42. The molecule has 1 N–H and O–H groups in total. The van der Waals surface area contributed by atoms with Crippen molar-refractivity contribution < 1.29 is 9.84 Å². The Labute approximate surface area is 117 Å². The molecule has 0 radical (unpaired) electrons. The Kier molecular flexibility index (Phi) is 7.76. The maximum Gasteiger partial charge on any atom is 0.103 e. The minimum atomic E-state index is -0.509. The number of benzene rings is 1. The van der Waals surface area contributed by atoms with Gasteiger partial charge in [0, 0.05) is 6.61 Å². The van der Waals surface area contributed by atoms with Gasteiger partial charge in [0.2, 0.25) is 0 Å². The fourth-order valence-corrected chi connectivity index (χ4v) is 2.29. The molecule has 1 rings (SSSR count). The van der Waals surface area contributed by atoms with Crippen molar-refractivity contribution in [3.05, 3.63) is 35.4 Å². The minimum absolute atomic E-state index is 0.396. The molecule has 0 spiro atoms. The van der Waals surface area contributed by atoms with Gasteiger partial charge in [-0.15, -0.1) is 0 Å². The lowest BCUT2D eigenvalue weighted by molar-refractivity contribution is 0.0178. The summed E-state index contributed by atoms with van der Waals surface area (Å²) in [7, 11) is 0. The largest absolute Gasteiger partial charge is 0.386 e. The van der Waals surface area contributed by atoms with E-state index in [0.29, 0.717) is 12.5 Å². The summed E-state index contributed by atoms with van der Waals surface area (Å²) < 4.78 is 5.70. The first-order valence-electron chi connectivity index (χ1n) is 7.50. The van der Waals surface area contributed by atoms with Crippen LogP contribution < -0.4 is 0 Å². The molecule has 0 saturated heterocycles. The van der Waals surface area contributed by atoms with Crippen molar-refractivity contribution >= 4 is 0 Å². The van der Waals surface area contributed by atoms with E-state index in [2.05, 4.69) is 13.8 Å². The lowest BCUT2D eigenvalue weighted by atomic mass is 10.0. The highest BCUT2D eigenvalue weighted by molar-refractivity contribution is 5.27. The van der Waals surface area contributed by atoms with Gasteiger partial charge in [-0.05, 0) is 30.4 Å². The predicted molar refractivity (Wildman–Crippen MR) is 80.3 cm³/mol. The van der Waals surface area contributed by atoms with E-state index in [9.17, 15) is 5.11 Å². The Morgan fingerprint density at radius 1 is 1.16 bits per heavy atom. The van der Waals surface area contributed by atoms with Gasteiger partial charge in [0.05, 0.1) is 6.61 Å². The van der Waals surface area contributed by atoms with Crippen molar-refractivity contribution in [3.8, 4) is 0 Å². The van der Waals surface area contributed by atoms with Crippen molar-refractivity contribution in [3.63, 3.8) is 0 Å². The van der Waals surface area contributed by atoms with E-state index in [1.165, 1.54) is 19.3 Å². The van der Waals surface area contributed by atoms with E-state index in [0.717, 1.165) is 24.2 Å². The quantitative estimate of drug-likeness (QED) is 0.722. The molecule has 0 fully saturated rings. The highest BCUT2D eigenvalue weighted by atomic mass is 16.5. The molecule has 2 nitrogen and oxygen atoms in total. The Morgan fingerprint density at radius 3 is 2.53 bits per heavy atom. The molecule has 1 aromatic rings. The first-order chi connectivity index (χ1) is 9.19. The summed E-state index contributed by atoms with van der Waals surface area (Å²) in [4.78, 5) is 0. The molecular weight excluding hydrogens is 236 g/mol. The fourth-order valence-electron chi connectivity index (χ4n) is 2.29. The third-order valence-corrected chi connectivity index (χ3v) is 3.72. The summed E-state index contributed by atoms with van der Waals surface area (Å²) in [6, 6.07) is 7.94. The lowest BCUT2D eigenvalue weighted by Crippen LogP contribution is -2.14. The number of hydrogen-bond donors (Lipinski definition) is 1. The van der Waals surface area contributed by atoms with Crippen LogP contribution in [0.5, 0.6) is 0 Å². The smallest absolute Gasteiger partial charge is 0.103 e. The molecule has 0 aliphatic carbocycles. The molecular formula is C17H28O2. The van der Waals surface area contributed by atoms with Crippen LogP contribution in [0.4, 0.5) is 0 Å². The fraction of sp³-hybridized carbons (Fsp3) is 0.647. The van der Waals surface area contributed by atoms with Crippen LogP contribution in [0.15, 0.2) is 24.3 Å².